The average Bonchev–Trinajstić information content (AvgIpc) is 2.31. The summed E-state index contributed by atoms with van der Waals surface area (Å²) in [5, 5.41) is 0. The number of rotatable bonds is 3. The fourth-order valence-corrected chi connectivity index (χ4v) is 1.69. The van der Waals surface area contributed by atoms with Crippen molar-refractivity contribution in [3.63, 3.8) is 0 Å². The molecule has 0 radical (unpaired) electrons. The summed E-state index contributed by atoms with van der Waals surface area (Å²) in [7, 11) is 0. The number of hydrogen-bond donors (Lipinski definition) is 1. The Morgan fingerprint density at radius 3 is 2.69 bits per heavy atom. The van der Waals surface area contributed by atoms with E-state index in [1.165, 1.54) is 0 Å². The molecule has 0 spiro atoms. The first kappa shape index (κ1) is 11.2. The van der Waals surface area contributed by atoms with Crippen LogP contribution in [0.25, 0.3) is 0 Å². The second-order valence-electron chi connectivity index (χ2n) is 3.53. The van der Waals surface area contributed by atoms with Crippen molar-refractivity contribution < 1.29 is 0 Å². The molecule has 0 saturated heterocycles. The van der Waals surface area contributed by atoms with Gasteiger partial charge in [0.25, 0.3) is 0 Å². The summed E-state index contributed by atoms with van der Waals surface area (Å²) >= 11 is 3.35. The lowest BCUT2D eigenvalue weighted by atomic mass is 10.1. The number of nitrogens with two attached hydrogens (primary N) is 1. The lowest BCUT2D eigenvalue weighted by molar-refractivity contribution is 0.683. The van der Waals surface area contributed by atoms with E-state index in [2.05, 4.69) is 25.9 Å². The molecule has 82 valence electrons. The summed E-state index contributed by atoms with van der Waals surface area (Å²) in [5.41, 5.74) is 7.93. The van der Waals surface area contributed by atoms with Crippen LogP contribution in [0.1, 0.15) is 17.4 Å². The van der Waals surface area contributed by atoms with Crippen LogP contribution in [0.3, 0.4) is 0 Å². The molecule has 0 aromatic carbocycles. The Morgan fingerprint density at radius 2 is 2.06 bits per heavy atom. The van der Waals surface area contributed by atoms with Gasteiger partial charge in [0.2, 0.25) is 0 Å². The highest BCUT2D eigenvalue weighted by Gasteiger charge is 2.08. The molecule has 0 aliphatic heterocycles. The van der Waals surface area contributed by atoms with Crippen molar-refractivity contribution in [3.8, 4) is 0 Å². The van der Waals surface area contributed by atoms with Gasteiger partial charge in [-0.25, -0.2) is 0 Å². The zero-order valence-corrected chi connectivity index (χ0v) is 10.3. The molecule has 4 heteroatoms. The van der Waals surface area contributed by atoms with Gasteiger partial charge in [-0.05, 0) is 40.2 Å². The van der Waals surface area contributed by atoms with Crippen molar-refractivity contribution in [2.75, 3.05) is 0 Å². The van der Waals surface area contributed by atoms with Crippen LogP contribution in [0.4, 0.5) is 0 Å². The van der Waals surface area contributed by atoms with Crippen molar-refractivity contribution in [1.82, 2.24) is 9.97 Å². The van der Waals surface area contributed by atoms with Gasteiger partial charge >= 0.3 is 0 Å². The molecular formula is C12H12BrN3. The maximum absolute atomic E-state index is 6.06. The van der Waals surface area contributed by atoms with E-state index in [9.17, 15) is 0 Å². The van der Waals surface area contributed by atoms with E-state index < -0.39 is 0 Å². The number of halogens is 1. The molecular weight excluding hydrogens is 266 g/mol. The molecule has 0 fully saturated rings. The third-order valence-electron chi connectivity index (χ3n) is 2.29. The third-order valence-corrected chi connectivity index (χ3v) is 2.75. The highest BCUT2D eigenvalue weighted by Crippen LogP contribution is 2.15. The first-order valence-corrected chi connectivity index (χ1v) is 5.82. The summed E-state index contributed by atoms with van der Waals surface area (Å²) in [4.78, 5) is 8.52. The number of pyridine rings is 2. The van der Waals surface area contributed by atoms with Crippen LogP contribution in [0.5, 0.6) is 0 Å². The lowest BCUT2D eigenvalue weighted by Crippen LogP contribution is -2.15. The molecule has 0 bridgehead atoms. The SMILES string of the molecule is NC(Cc1ccccn1)c1ccc(Br)cn1. The molecule has 2 N–H and O–H groups in total. The van der Waals surface area contributed by atoms with Crippen LogP contribution < -0.4 is 5.73 Å². The van der Waals surface area contributed by atoms with Gasteiger partial charge in [0, 0.05) is 29.0 Å². The van der Waals surface area contributed by atoms with E-state index in [1.807, 2.05) is 30.3 Å². The minimum absolute atomic E-state index is 0.108. The first-order chi connectivity index (χ1) is 7.75. The van der Waals surface area contributed by atoms with Crippen LogP contribution in [0.2, 0.25) is 0 Å². The van der Waals surface area contributed by atoms with Crippen molar-refractivity contribution in [2.45, 2.75) is 12.5 Å². The smallest absolute Gasteiger partial charge is 0.0575 e. The Kier molecular flexibility index (Phi) is 3.64. The van der Waals surface area contributed by atoms with Gasteiger partial charge in [-0.2, -0.15) is 0 Å². The van der Waals surface area contributed by atoms with Gasteiger partial charge in [-0.1, -0.05) is 6.07 Å². The molecule has 0 saturated carbocycles. The fraction of sp³-hybridized carbons (Fsp3) is 0.167. The summed E-state index contributed by atoms with van der Waals surface area (Å²) in [6.07, 6.45) is 4.24. The normalized spacial score (nSPS) is 12.4. The highest BCUT2D eigenvalue weighted by molar-refractivity contribution is 9.10. The van der Waals surface area contributed by atoms with Gasteiger partial charge in [-0.15, -0.1) is 0 Å². The van der Waals surface area contributed by atoms with E-state index in [0.29, 0.717) is 6.42 Å². The van der Waals surface area contributed by atoms with Crippen molar-refractivity contribution >= 4 is 15.9 Å². The lowest BCUT2D eigenvalue weighted by Gasteiger charge is -2.10. The predicted molar refractivity (Wildman–Crippen MR) is 66.8 cm³/mol. The van der Waals surface area contributed by atoms with E-state index in [0.717, 1.165) is 15.9 Å². The van der Waals surface area contributed by atoms with Gasteiger partial charge in [0.1, 0.15) is 0 Å². The monoisotopic (exact) mass is 277 g/mol. The van der Waals surface area contributed by atoms with Crippen LogP contribution in [-0.4, -0.2) is 9.97 Å². The fourth-order valence-electron chi connectivity index (χ4n) is 1.46. The summed E-state index contributed by atoms with van der Waals surface area (Å²) in [6, 6.07) is 9.59. The van der Waals surface area contributed by atoms with Gasteiger partial charge < -0.3 is 5.73 Å². The van der Waals surface area contributed by atoms with Crippen molar-refractivity contribution in [2.24, 2.45) is 5.73 Å². The van der Waals surface area contributed by atoms with E-state index in [4.69, 9.17) is 5.73 Å². The maximum atomic E-state index is 6.06. The van der Waals surface area contributed by atoms with E-state index in [-0.39, 0.29) is 6.04 Å². The third kappa shape index (κ3) is 2.87. The quantitative estimate of drug-likeness (QED) is 0.938. The first-order valence-electron chi connectivity index (χ1n) is 5.02. The zero-order chi connectivity index (χ0) is 11.4. The van der Waals surface area contributed by atoms with E-state index in [1.54, 1.807) is 12.4 Å². The minimum atomic E-state index is -0.108. The molecule has 0 aliphatic carbocycles. The standard InChI is InChI=1S/C12H12BrN3/c13-9-4-5-12(16-8-9)11(14)7-10-3-1-2-6-15-10/h1-6,8,11H,7,14H2. The van der Waals surface area contributed by atoms with Gasteiger partial charge in [0.05, 0.1) is 11.7 Å². The number of nitrogens with zero attached hydrogens (tertiary/aromatic N) is 2. The minimum Gasteiger partial charge on any atom is -0.322 e. The molecule has 2 heterocycles. The van der Waals surface area contributed by atoms with Gasteiger partial charge in [-0.3, -0.25) is 9.97 Å². The molecule has 16 heavy (non-hydrogen) atoms. The largest absolute Gasteiger partial charge is 0.322 e. The van der Waals surface area contributed by atoms with Crippen LogP contribution >= 0.6 is 15.9 Å². The molecule has 2 aromatic heterocycles. The topological polar surface area (TPSA) is 51.8 Å². The Balaban J connectivity index is 2.09. The molecule has 0 amide bonds. The zero-order valence-electron chi connectivity index (χ0n) is 8.68. The van der Waals surface area contributed by atoms with Crippen LogP contribution in [0, 0.1) is 0 Å². The van der Waals surface area contributed by atoms with E-state index >= 15 is 0 Å². The Bertz CT molecular complexity index is 442. The van der Waals surface area contributed by atoms with Crippen LogP contribution in [0.15, 0.2) is 47.2 Å². The number of aromatic nitrogens is 2. The molecule has 3 nitrogen and oxygen atoms in total. The van der Waals surface area contributed by atoms with Crippen LogP contribution in [-0.2, 0) is 6.42 Å². The molecule has 0 aliphatic rings. The molecule has 2 aromatic rings. The average molecular weight is 278 g/mol. The highest BCUT2D eigenvalue weighted by atomic mass is 79.9. The second kappa shape index (κ2) is 5.18. The Morgan fingerprint density at radius 1 is 1.19 bits per heavy atom. The second-order valence-corrected chi connectivity index (χ2v) is 4.45. The summed E-state index contributed by atoms with van der Waals surface area (Å²) < 4.78 is 0.960. The maximum Gasteiger partial charge on any atom is 0.0575 e. The van der Waals surface area contributed by atoms with Crippen molar-refractivity contribution in [1.29, 1.82) is 0 Å². The van der Waals surface area contributed by atoms with Crippen molar-refractivity contribution in [3.05, 3.63) is 58.6 Å². The summed E-state index contributed by atoms with van der Waals surface area (Å²) in [5.74, 6) is 0. The predicted octanol–water partition coefficient (Wildman–Crippen LogP) is 2.48. The van der Waals surface area contributed by atoms with Gasteiger partial charge in [0.15, 0.2) is 0 Å². The Labute approximate surface area is 103 Å². The molecule has 2 rings (SSSR count). The Hall–Kier alpha value is -1.26. The summed E-state index contributed by atoms with van der Waals surface area (Å²) in [6.45, 7) is 0. The molecule has 1 unspecified atom stereocenters. The number of hydrogen-bond acceptors (Lipinski definition) is 3. The molecule has 1 atom stereocenters.